The number of aliphatic hydroxyl groups is 1. The first-order chi connectivity index (χ1) is 12.9. The van der Waals surface area contributed by atoms with Crippen molar-refractivity contribution in [3.05, 3.63) is 39.1 Å². The summed E-state index contributed by atoms with van der Waals surface area (Å²) in [5, 5.41) is 14.7. The molecule has 0 saturated carbocycles. The number of hydrogen-bond acceptors (Lipinski definition) is 5. The van der Waals surface area contributed by atoms with Gasteiger partial charge in [-0.25, -0.2) is 0 Å². The number of ether oxygens (including phenoxy) is 1. The summed E-state index contributed by atoms with van der Waals surface area (Å²) >= 11 is 0. The van der Waals surface area contributed by atoms with Crippen molar-refractivity contribution in [2.45, 2.75) is 66.2 Å². The summed E-state index contributed by atoms with van der Waals surface area (Å²) in [6, 6.07) is 0. The molecule has 1 aromatic carbocycles. The Bertz CT molecular complexity index is 835. The molecule has 0 radical (unpaired) electrons. The summed E-state index contributed by atoms with van der Waals surface area (Å²) in [5.74, 6) is 0.984. The minimum atomic E-state index is -0.0677. The number of hydrogen-bond donors (Lipinski definition) is 1. The van der Waals surface area contributed by atoms with Crippen molar-refractivity contribution in [2.75, 3.05) is 13.2 Å². The Balaban J connectivity index is 2.01. The molecular weight excluding hydrogens is 342 g/mol. The van der Waals surface area contributed by atoms with Crippen LogP contribution in [0.15, 0.2) is 16.5 Å². The SMILES string of the molecule is CCO/N=C(/CC)C1=C(O)CC(c2c(C)c(C)c3c(c2C)OCC3)CC1=O. The number of carbonyl (C=O) groups is 1. The predicted octanol–water partition coefficient (Wildman–Crippen LogP) is 4.61. The van der Waals surface area contributed by atoms with Gasteiger partial charge in [-0.2, -0.15) is 0 Å². The van der Waals surface area contributed by atoms with Gasteiger partial charge in [0.1, 0.15) is 18.1 Å². The molecule has 0 amide bonds. The fraction of sp³-hybridized carbons (Fsp3) is 0.545. The molecule has 1 atom stereocenters. The number of carbonyl (C=O) groups excluding carboxylic acids is 1. The normalized spacial score (nSPS) is 20.0. The van der Waals surface area contributed by atoms with Gasteiger partial charge in [0.05, 0.1) is 17.9 Å². The maximum atomic E-state index is 12.9. The lowest BCUT2D eigenvalue weighted by Gasteiger charge is -2.28. The Kier molecular flexibility index (Phi) is 5.59. The average Bonchev–Trinajstić information content (AvgIpc) is 3.12. The number of Topliss-reactive ketones (excluding diaryl/α,β-unsaturated/α-hetero) is 1. The lowest BCUT2D eigenvalue weighted by molar-refractivity contribution is -0.116. The second-order valence-electron chi connectivity index (χ2n) is 7.35. The number of oxime groups is 1. The van der Waals surface area contributed by atoms with Crippen LogP contribution in [0.4, 0.5) is 0 Å². The van der Waals surface area contributed by atoms with E-state index < -0.39 is 0 Å². The Morgan fingerprint density at radius 3 is 2.56 bits per heavy atom. The molecule has 1 heterocycles. The van der Waals surface area contributed by atoms with Crippen molar-refractivity contribution < 1.29 is 19.5 Å². The smallest absolute Gasteiger partial charge is 0.168 e. The summed E-state index contributed by atoms with van der Waals surface area (Å²) in [5.41, 5.74) is 6.87. The van der Waals surface area contributed by atoms with Gasteiger partial charge in [0.25, 0.3) is 0 Å². The van der Waals surface area contributed by atoms with Crippen molar-refractivity contribution in [3.63, 3.8) is 0 Å². The standard InChI is InChI=1S/C22H29NO4/c1-6-17(23-27-7-2)21-18(24)10-15(11-19(21)25)20-13(4)12(3)16-8-9-26-22(16)14(20)5/h15,24H,6-11H2,1-5H3/b23-17-. The van der Waals surface area contributed by atoms with Gasteiger partial charge in [0.15, 0.2) is 5.78 Å². The van der Waals surface area contributed by atoms with E-state index in [1.807, 2.05) is 13.8 Å². The number of benzene rings is 1. The van der Waals surface area contributed by atoms with E-state index in [1.54, 1.807) is 0 Å². The number of allylic oxidation sites excluding steroid dienone is 2. The van der Waals surface area contributed by atoms with Crippen LogP contribution in [0.3, 0.4) is 0 Å². The van der Waals surface area contributed by atoms with Crippen LogP contribution >= 0.6 is 0 Å². The summed E-state index contributed by atoms with van der Waals surface area (Å²) in [6.07, 6.45) is 2.28. The molecule has 0 saturated heterocycles. The Morgan fingerprint density at radius 2 is 1.93 bits per heavy atom. The van der Waals surface area contributed by atoms with Crippen LogP contribution in [-0.2, 0) is 16.1 Å². The highest BCUT2D eigenvalue weighted by atomic mass is 16.6. The van der Waals surface area contributed by atoms with E-state index in [1.165, 1.54) is 16.7 Å². The summed E-state index contributed by atoms with van der Waals surface area (Å²) < 4.78 is 5.88. The molecule has 0 spiro atoms. The Hall–Kier alpha value is -2.30. The summed E-state index contributed by atoms with van der Waals surface area (Å²) in [4.78, 5) is 18.0. The quantitative estimate of drug-likeness (QED) is 0.606. The van der Waals surface area contributed by atoms with Crippen LogP contribution < -0.4 is 4.74 Å². The summed E-state index contributed by atoms with van der Waals surface area (Å²) in [6.45, 7) is 11.2. The van der Waals surface area contributed by atoms with Gasteiger partial charge in [0.2, 0.25) is 0 Å². The molecule has 1 aliphatic heterocycles. The number of rotatable bonds is 5. The number of fused-ring (bicyclic) bond motifs is 1. The first-order valence-electron chi connectivity index (χ1n) is 9.80. The van der Waals surface area contributed by atoms with Gasteiger partial charge in [0, 0.05) is 24.8 Å². The largest absolute Gasteiger partial charge is 0.511 e. The number of nitrogens with zero attached hydrogens (tertiary/aromatic N) is 1. The maximum absolute atomic E-state index is 12.9. The third kappa shape index (κ3) is 3.35. The topological polar surface area (TPSA) is 68.1 Å². The van der Waals surface area contributed by atoms with Crippen LogP contribution in [0.2, 0.25) is 0 Å². The fourth-order valence-electron chi connectivity index (χ4n) is 4.45. The van der Waals surface area contributed by atoms with Crippen LogP contribution in [0, 0.1) is 20.8 Å². The molecule has 146 valence electrons. The minimum Gasteiger partial charge on any atom is -0.511 e. The number of aliphatic hydroxyl groups excluding tert-OH is 1. The van der Waals surface area contributed by atoms with Crippen LogP contribution in [-0.4, -0.2) is 29.8 Å². The zero-order chi connectivity index (χ0) is 19.7. The van der Waals surface area contributed by atoms with Crippen LogP contribution in [0.25, 0.3) is 0 Å². The maximum Gasteiger partial charge on any atom is 0.168 e. The molecule has 0 aromatic heterocycles. The highest BCUT2D eigenvalue weighted by Crippen LogP contribution is 2.44. The third-order valence-corrected chi connectivity index (χ3v) is 5.81. The van der Waals surface area contributed by atoms with Crippen molar-refractivity contribution in [1.29, 1.82) is 0 Å². The van der Waals surface area contributed by atoms with Gasteiger partial charge in [-0.1, -0.05) is 12.1 Å². The Morgan fingerprint density at radius 1 is 1.19 bits per heavy atom. The average molecular weight is 371 g/mol. The molecule has 2 aliphatic rings. The Labute approximate surface area is 161 Å². The second kappa shape index (κ2) is 7.75. The molecule has 27 heavy (non-hydrogen) atoms. The first kappa shape index (κ1) is 19.5. The van der Waals surface area contributed by atoms with Gasteiger partial charge in [-0.15, -0.1) is 0 Å². The number of ketones is 1. The second-order valence-corrected chi connectivity index (χ2v) is 7.35. The van der Waals surface area contributed by atoms with Crippen molar-refractivity contribution in [1.82, 2.24) is 0 Å². The molecule has 1 aromatic rings. The zero-order valence-electron chi connectivity index (χ0n) is 16.9. The van der Waals surface area contributed by atoms with E-state index in [-0.39, 0.29) is 17.5 Å². The fourth-order valence-corrected chi connectivity index (χ4v) is 4.45. The minimum absolute atomic E-state index is 0.0420. The molecule has 0 bridgehead atoms. The van der Waals surface area contributed by atoms with Crippen LogP contribution in [0.1, 0.15) is 66.8 Å². The molecule has 5 nitrogen and oxygen atoms in total. The van der Waals surface area contributed by atoms with E-state index in [4.69, 9.17) is 9.57 Å². The molecular formula is C22H29NO4. The van der Waals surface area contributed by atoms with Gasteiger partial charge in [-0.05, 0) is 62.3 Å². The van der Waals surface area contributed by atoms with Crippen molar-refractivity contribution in [2.24, 2.45) is 5.16 Å². The van der Waals surface area contributed by atoms with E-state index in [0.717, 1.165) is 23.3 Å². The van der Waals surface area contributed by atoms with Crippen LogP contribution in [0.5, 0.6) is 5.75 Å². The van der Waals surface area contributed by atoms with Gasteiger partial charge < -0.3 is 14.7 Å². The van der Waals surface area contributed by atoms with Gasteiger partial charge in [-0.3, -0.25) is 4.79 Å². The highest BCUT2D eigenvalue weighted by molar-refractivity contribution is 6.23. The van der Waals surface area contributed by atoms with E-state index in [9.17, 15) is 9.90 Å². The molecule has 0 fully saturated rings. The third-order valence-electron chi connectivity index (χ3n) is 5.81. The van der Waals surface area contributed by atoms with E-state index in [0.29, 0.717) is 43.8 Å². The van der Waals surface area contributed by atoms with E-state index >= 15 is 0 Å². The predicted molar refractivity (Wildman–Crippen MR) is 106 cm³/mol. The molecule has 3 rings (SSSR count). The lowest BCUT2D eigenvalue weighted by atomic mass is 9.76. The van der Waals surface area contributed by atoms with E-state index in [2.05, 4.69) is 25.9 Å². The zero-order valence-corrected chi connectivity index (χ0v) is 16.9. The summed E-state index contributed by atoms with van der Waals surface area (Å²) in [7, 11) is 0. The highest BCUT2D eigenvalue weighted by Gasteiger charge is 2.34. The molecule has 1 aliphatic carbocycles. The molecule has 1 N–H and O–H groups in total. The van der Waals surface area contributed by atoms with Gasteiger partial charge >= 0.3 is 0 Å². The molecule has 1 unspecified atom stereocenters. The lowest BCUT2D eigenvalue weighted by Crippen LogP contribution is -2.24. The molecule has 5 heteroatoms. The monoisotopic (exact) mass is 371 g/mol. The first-order valence-corrected chi connectivity index (χ1v) is 9.80. The van der Waals surface area contributed by atoms with Crippen molar-refractivity contribution in [3.8, 4) is 5.75 Å². The van der Waals surface area contributed by atoms with Crippen molar-refractivity contribution >= 4 is 11.5 Å².